The quantitative estimate of drug-likeness (QED) is 0.800. The fourth-order valence-corrected chi connectivity index (χ4v) is 2.34. The zero-order valence-electron chi connectivity index (χ0n) is 12.0. The van der Waals surface area contributed by atoms with Gasteiger partial charge in [0.2, 0.25) is 0 Å². The first-order valence-electron chi connectivity index (χ1n) is 7.12. The molecule has 4 heteroatoms. The van der Waals surface area contributed by atoms with Gasteiger partial charge in [0, 0.05) is 10.9 Å². The van der Waals surface area contributed by atoms with Crippen LogP contribution in [-0.4, -0.2) is 22.7 Å². The van der Waals surface area contributed by atoms with Crippen molar-refractivity contribution in [2.75, 3.05) is 6.61 Å². The number of nitrogens with one attached hydrogen (secondary N) is 1. The van der Waals surface area contributed by atoms with Crippen LogP contribution in [0.4, 0.5) is 0 Å². The molecule has 0 saturated carbocycles. The van der Waals surface area contributed by atoms with Crippen LogP contribution in [0.25, 0.3) is 10.9 Å². The largest absolute Gasteiger partial charge is 0.493 e. The number of benzene rings is 1. The summed E-state index contributed by atoms with van der Waals surface area (Å²) in [6, 6.07) is 7.26. The van der Waals surface area contributed by atoms with Gasteiger partial charge in [-0.1, -0.05) is 26.7 Å². The first-order valence-corrected chi connectivity index (χ1v) is 7.12. The van der Waals surface area contributed by atoms with Crippen LogP contribution in [0.5, 0.6) is 5.75 Å². The molecule has 2 N–H and O–H groups in total. The Morgan fingerprint density at radius 1 is 1.35 bits per heavy atom. The molecule has 1 atom stereocenters. The molecule has 1 aromatic carbocycles. The molecular weight excluding hydrogens is 254 g/mol. The van der Waals surface area contributed by atoms with Gasteiger partial charge in [0.1, 0.15) is 11.4 Å². The van der Waals surface area contributed by atoms with Crippen LogP contribution in [0, 0.1) is 5.92 Å². The van der Waals surface area contributed by atoms with E-state index in [4.69, 9.17) is 9.84 Å². The molecule has 0 aliphatic carbocycles. The molecule has 0 aliphatic rings. The second kappa shape index (κ2) is 6.46. The van der Waals surface area contributed by atoms with Gasteiger partial charge in [-0.15, -0.1) is 0 Å². The average molecular weight is 275 g/mol. The fourth-order valence-electron chi connectivity index (χ4n) is 2.34. The van der Waals surface area contributed by atoms with Crippen LogP contribution in [0.1, 0.15) is 43.6 Å². The maximum atomic E-state index is 10.9. The summed E-state index contributed by atoms with van der Waals surface area (Å²) >= 11 is 0. The summed E-state index contributed by atoms with van der Waals surface area (Å²) in [4.78, 5) is 13.8. The van der Waals surface area contributed by atoms with E-state index in [1.807, 2.05) is 18.2 Å². The lowest BCUT2D eigenvalue weighted by molar-refractivity contribution is 0.0691. The number of aromatic carboxylic acids is 1. The Bertz CT molecular complexity index is 588. The van der Waals surface area contributed by atoms with Crippen molar-refractivity contribution in [1.82, 2.24) is 4.98 Å². The van der Waals surface area contributed by atoms with E-state index in [2.05, 4.69) is 18.8 Å². The number of hydrogen-bond acceptors (Lipinski definition) is 2. The number of ether oxygens (including phenoxy) is 1. The second-order valence-electron chi connectivity index (χ2n) is 5.11. The maximum absolute atomic E-state index is 10.9. The first-order chi connectivity index (χ1) is 9.63. The molecular formula is C16H21NO3. The molecule has 0 amide bonds. The predicted molar refractivity (Wildman–Crippen MR) is 79.4 cm³/mol. The van der Waals surface area contributed by atoms with Crippen molar-refractivity contribution in [3.8, 4) is 5.75 Å². The topological polar surface area (TPSA) is 62.3 Å². The van der Waals surface area contributed by atoms with Gasteiger partial charge in [-0.3, -0.25) is 0 Å². The van der Waals surface area contributed by atoms with Crippen LogP contribution < -0.4 is 4.74 Å². The highest BCUT2D eigenvalue weighted by molar-refractivity contribution is 5.94. The number of fused-ring (bicyclic) bond motifs is 1. The molecule has 4 nitrogen and oxygen atoms in total. The van der Waals surface area contributed by atoms with E-state index in [-0.39, 0.29) is 5.69 Å². The molecule has 0 radical (unpaired) electrons. The lowest BCUT2D eigenvalue weighted by Gasteiger charge is -2.14. The Kier molecular flexibility index (Phi) is 4.66. The van der Waals surface area contributed by atoms with Crippen molar-refractivity contribution in [2.24, 2.45) is 5.92 Å². The third-order valence-electron chi connectivity index (χ3n) is 3.58. The Balaban J connectivity index is 2.09. The van der Waals surface area contributed by atoms with E-state index in [9.17, 15) is 4.79 Å². The summed E-state index contributed by atoms with van der Waals surface area (Å²) in [5, 5.41) is 9.82. The smallest absolute Gasteiger partial charge is 0.352 e. The fraction of sp³-hybridized carbons (Fsp3) is 0.438. The van der Waals surface area contributed by atoms with Gasteiger partial charge in [-0.2, -0.15) is 0 Å². The zero-order valence-corrected chi connectivity index (χ0v) is 12.0. The number of rotatable bonds is 7. The minimum Gasteiger partial charge on any atom is -0.493 e. The molecule has 108 valence electrons. The van der Waals surface area contributed by atoms with Crippen LogP contribution in [0.3, 0.4) is 0 Å². The van der Waals surface area contributed by atoms with Crippen molar-refractivity contribution in [3.05, 3.63) is 30.0 Å². The van der Waals surface area contributed by atoms with Crippen molar-refractivity contribution in [3.63, 3.8) is 0 Å². The standard InChI is InChI=1S/C16H21NO3/c1-3-5-11(4-2)10-20-13-6-7-14-12(8-13)9-15(17-14)16(18)19/h6-9,11,17H,3-5,10H2,1-2H3,(H,18,19). The summed E-state index contributed by atoms with van der Waals surface area (Å²) in [5.41, 5.74) is 1.02. The zero-order chi connectivity index (χ0) is 14.5. The van der Waals surface area contributed by atoms with Crippen LogP contribution in [0.2, 0.25) is 0 Å². The molecule has 1 unspecified atom stereocenters. The van der Waals surface area contributed by atoms with E-state index >= 15 is 0 Å². The maximum Gasteiger partial charge on any atom is 0.352 e. The molecule has 0 fully saturated rings. The highest BCUT2D eigenvalue weighted by Crippen LogP contribution is 2.23. The summed E-state index contributed by atoms with van der Waals surface area (Å²) < 4.78 is 5.83. The third kappa shape index (κ3) is 3.32. The Labute approximate surface area is 118 Å². The SMILES string of the molecule is CCCC(CC)COc1ccc2[nH]c(C(=O)O)cc2c1. The molecule has 1 heterocycles. The van der Waals surface area contributed by atoms with Crippen molar-refractivity contribution in [2.45, 2.75) is 33.1 Å². The van der Waals surface area contributed by atoms with E-state index in [1.165, 1.54) is 12.8 Å². The Morgan fingerprint density at radius 2 is 2.15 bits per heavy atom. The Hall–Kier alpha value is -1.97. The first kappa shape index (κ1) is 14.4. The van der Waals surface area contributed by atoms with E-state index < -0.39 is 5.97 Å². The van der Waals surface area contributed by atoms with Crippen LogP contribution >= 0.6 is 0 Å². The van der Waals surface area contributed by atoms with Gasteiger partial charge >= 0.3 is 5.97 Å². The van der Waals surface area contributed by atoms with E-state index in [0.717, 1.165) is 23.1 Å². The normalized spacial score (nSPS) is 12.5. The van der Waals surface area contributed by atoms with Crippen molar-refractivity contribution < 1.29 is 14.6 Å². The van der Waals surface area contributed by atoms with Gasteiger partial charge in [0.25, 0.3) is 0 Å². The summed E-state index contributed by atoms with van der Waals surface area (Å²) in [7, 11) is 0. The Morgan fingerprint density at radius 3 is 2.80 bits per heavy atom. The number of carboxylic acids is 1. The van der Waals surface area contributed by atoms with Crippen LogP contribution in [-0.2, 0) is 0 Å². The average Bonchev–Trinajstić information content (AvgIpc) is 2.86. The van der Waals surface area contributed by atoms with Gasteiger partial charge in [-0.05, 0) is 36.6 Å². The number of H-pyrrole nitrogens is 1. The van der Waals surface area contributed by atoms with Crippen LogP contribution in [0.15, 0.2) is 24.3 Å². The lowest BCUT2D eigenvalue weighted by Crippen LogP contribution is -2.10. The highest BCUT2D eigenvalue weighted by Gasteiger charge is 2.09. The molecule has 0 saturated heterocycles. The minimum atomic E-state index is -0.947. The molecule has 20 heavy (non-hydrogen) atoms. The number of aromatic amines is 1. The molecule has 1 aromatic heterocycles. The number of aromatic nitrogens is 1. The second-order valence-corrected chi connectivity index (χ2v) is 5.11. The molecule has 0 aliphatic heterocycles. The molecule has 2 aromatic rings. The van der Waals surface area contributed by atoms with E-state index in [0.29, 0.717) is 12.5 Å². The minimum absolute atomic E-state index is 0.203. The van der Waals surface area contributed by atoms with Crippen molar-refractivity contribution in [1.29, 1.82) is 0 Å². The van der Waals surface area contributed by atoms with Crippen molar-refractivity contribution >= 4 is 16.9 Å². The molecule has 0 spiro atoms. The van der Waals surface area contributed by atoms with Gasteiger partial charge < -0.3 is 14.8 Å². The molecule has 2 rings (SSSR count). The summed E-state index contributed by atoms with van der Waals surface area (Å²) in [6.45, 7) is 5.08. The van der Waals surface area contributed by atoms with E-state index in [1.54, 1.807) is 6.07 Å². The summed E-state index contributed by atoms with van der Waals surface area (Å²) in [6.07, 6.45) is 3.45. The number of hydrogen-bond donors (Lipinski definition) is 2. The third-order valence-corrected chi connectivity index (χ3v) is 3.58. The lowest BCUT2D eigenvalue weighted by atomic mass is 10.0. The monoisotopic (exact) mass is 275 g/mol. The van der Waals surface area contributed by atoms with Gasteiger partial charge in [-0.25, -0.2) is 4.79 Å². The summed E-state index contributed by atoms with van der Waals surface area (Å²) in [5.74, 6) is 0.428. The predicted octanol–water partition coefficient (Wildman–Crippen LogP) is 4.07. The van der Waals surface area contributed by atoms with Gasteiger partial charge in [0.05, 0.1) is 6.61 Å². The number of carbonyl (C=O) groups is 1. The number of carboxylic acid groups (broad SMARTS) is 1. The molecule has 0 bridgehead atoms. The highest BCUT2D eigenvalue weighted by atomic mass is 16.5. The van der Waals surface area contributed by atoms with Gasteiger partial charge in [0.15, 0.2) is 0 Å².